The molecule has 1 amide bonds. The number of sulfonamides is 1. The van der Waals surface area contributed by atoms with Crippen LogP contribution in [0.5, 0.6) is 5.88 Å². The molecule has 1 aromatic heterocycles. The van der Waals surface area contributed by atoms with Crippen molar-refractivity contribution < 1.29 is 22.7 Å². The summed E-state index contributed by atoms with van der Waals surface area (Å²) in [6.07, 6.45) is 0. The molecule has 4 rings (SSSR count). The summed E-state index contributed by atoms with van der Waals surface area (Å²) < 4.78 is 40.1. The largest absolute Gasteiger partial charge is 0.474 e. The second-order valence-electron chi connectivity index (χ2n) is 6.72. The minimum Gasteiger partial charge on any atom is -0.474 e. The highest BCUT2D eigenvalue weighted by Crippen LogP contribution is 2.37. The zero-order valence-corrected chi connectivity index (χ0v) is 16.6. The van der Waals surface area contributed by atoms with Gasteiger partial charge >= 0.3 is 0 Å². The average Bonchev–Trinajstić information content (AvgIpc) is 3.02. The monoisotopic (exact) mass is 406 g/mol. The van der Waals surface area contributed by atoms with Gasteiger partial charge in [0, 0.05) is 25.7 Å². The molecule has 1 aromatic carbocycles. The Labute approximate surface area is 163 Å². The van der Waals surface area contributed by atoms with E-state index in [0.717, 1.165) is 0 Å². The van der Waals surface area contributed by atoms with Gasteiger partial charge in [0.2, 0.25) is 5.88 Å². The van der Waals surface area contributed by atoms with Crippen LogP contribution in [0.3, 0.4) is 0 Å². The quantitative estimate of drug-likeness (QED) is 0.748. The van der Waals surface area contributed by atoms with Crippen LogP contribution in [-0.2, 0) is 21.8 Å². The van der Waals surface area contributed by atoms with Gasteiger partial charge in [-0.25, -0.2) is 13.1 Å². The second kappa shape index (κ2) is 7.10. The lowest BCUT2D eigenvalue weighted by Gasteiger charge is -2.29. The van der Waals surface area contributed by atoms with Gasteiger partial charge in [-0.1, -0.05) is 0 Å². The lowest BCUT2D eigenvalue weighted by molar-refractivity contribution is 0.0303. The van der Waals surface area contributed by atoms with Crippen LogP contribution in [0.25, 0.3) is 0 Å². The van der Waals surface area contributed by atoms with E-state index in [0.29, 0.717) is 49.1 Å². The number of rotatable bonds is 3. The molecule has 0 N–H and O–H groups in total. The number of anilines is 1. The Bertz CT molecular complexity index is 994. The Kier molecular flexibility index (Phi) is 4.76. The summed E-state index contributed by atoms with van der Waals surface area (Å²) in [5.74, 6) is 0.315. The first-order chi connectivity index (χ1) is 13.4. The minimum atomic E-state index is -3.80. The molecule has 2 aromatic rings. The third kappa shape index (κ3) is 3.12. The van der Waals surface area contributed by atoms with Crippen LogP contribution in [0.1, 0.15) is 16.1 Å². The van der Waals surface area contributed by atoms with E-state index in [9.17, 15) is 13.2 Å². The molecule has 0 saturated carbocycles. The molecule has 0 bridgehead atoms. The van der Waals surface area contributed by atoms with Gasteiger partial charge in [0.1, 0.15) is 12.3 Å². The maximum absolute atomic E-state index is 13.2. The first-order valence-corrected chi connectivity index (χ1v) is 10.5. The number of benzene rings is 1. The summed E-state index contributed by atoms with van der Waals surface area (Å²) in [5.41, 5.74) is 1.50. The first kappa shape index (κ1) is 18.8. The maximum atomic E-state index is 13.2. The molecule has 2 aliphatic heterocycles. The van der Waals surface area contributed by atoms with Gasteiger partial charge in [-0.2, -0.15) is 5.10 Å². The molecule has 28 heavy (non-hydrogen) atoms. The summed E-state index contributed by atoms with van der Waals surface area (Å²) >= 11 is 0. The van der Waals surface area contributed by atoms with E-state index in [4.69, 9.17) is 9.47 Å². The van der Waals surface area contributed by atoms with Crippen LogP contribution in [0.2, 0.25) is 0 Å². The molecule has 1 fully saturated rings. The Morgan fingerprint density at radius 1 is 1.07 bits per heavy atom. The van der Waals surface area contributed by atoms with Crippen molar-refractivity contribution in [3.63, 3.8) is 0 Å². The number of hydrogen-bond acceptors (Lipinski definition) is 6. The van der Waals surface area contributed by atoms with Gasteiger partial charge in [0.25, 0.3) is 15.9 Å². The molecule has 10 heteroatoms. The van der Waals surface area contributed by atoms with Crippen molar-refractivity contribution in [3.05, 3.63) is 35.5 Å². The van der Waals surface area contributed by atoms with E-state index in [1.165, 1.54) is 21.1 Å². The fourth-order valence-electron chi connectivity index (χ4n) is 3.50. The zero-order valence-electron chi connectivity index (χ0n) is 15.8. The Hall–Kier alpha value is -2.59. The van der Waals surface area contributed by atoms with Crippen LogP contribution in [0.15, 0.2) is 29.2 Å². The summed E-state index contributed by atoms with van der Waals surface area (Å²) in [6, 6.07) is 6.07. The van der Waals surface area contributed by atoms with E-state index in [1.54, 1.807) is 31.0 Å². The molecule has 9 nitrogen and oxygen atoms in total. The fourth-order valence-corrected chi connectivity index (χ4v) is 5.00. The predicted octanol–water partition coefficient (Wildman–Crippen LogP) is 0.789. The molecule has 150 valence electrons. The van der Waals surface area contributed by atoms with Crippen molar-refractivity contribution in [1.82, 2.24) is 14.7 Å². The number of carbonyl (C=O) groups excluding carboxylic acids is 1. The lowest BCUT2D eigenvalue weighted by atomic mass is 10.2. The molecule has 0 radical (unpaired) electrons. The number of aryl methyl sites for hydroxylation is 2. The number of hydrogen-bond donors (Lipinski definition) is 0. The maximum Gasteiger partial charge on any atom is 0.264 e. The van der Waals surface area contributed by atoms with Crippen LogP contribution >= 0.6 is 0 Å². The fraction of sp³-hybridized carbons (Fsp3) is 0.444. The number of amides is 1. The molecule has 1 saturated heterocycles. The topological polar surface area (TPSA) is 94.0 Å². The van der Waals surface area contributed by atoms with Crippen molar-refractivity contribution in [3.8, 4) is 5.88 Å². The Balaban J connectivity index is 1.62. The van der Waals surface area contributed by atoms with E-state index in [-0.39, 0.29) is 24.0 Å². The number of fused-ring (bicyclic) bond motifs is 1. The predicted molar refractivity (Wildman–Crippen MR) is 101 cm³/mol. The number of carbonyl (C=O) groups is 1. The minimum absolute atomic E-state index is 0.121. The highest BCUT2D eigenvalue weighted by atomic mass is 32.2. The average molecular weight is 406 g/mol. The molecular weight excluding hydrogens is 384 g/mol. The van der Waals surface area contributed by atoms with E-state index < -0.39 is 10.0 Å². The van der Waals surface area contributed by atoms with E-state index in [1.807, 2.05) is 0 Å². The van der Waals surface area contributed by atoms with Crippen LogP contribution < -0.4 is 9.04 Å². The lowest BCUT2D eigenvalue weighted by Crippen LogP contribution is -2.40. The zero-order chi connectivity index (χ0) is 19.9. The highest BCUT2D eigenvalue weighted by Gasteiger charge is 2.34. The summed E-state index contributed by atoms with van der Waals surface area (Å²) in [4.78, 5) is 14.4. The van der Waals surface area contributed by atoms with Gasteiger partial charge in [-0.3, -0.25) is 9.10 Å². The number of aromatic nitrogens is 2. The van der Waals surface area contributed by atoms with Crippen LogP contribution in [0.4, 0.5) is 5.69 Å². The SMILES string of the molecule is Cc1nn(C)c2c1N(S(=O)(=O)c1ccc(C(=O)N3CCOCC3)cc1)CCO2. The molecule has 2 aliphatic rings. The molecule has 0 aliphatic carbocycles. The van der Waals surface area contributed by atoms with Crippen molar-refractivity contribution in [2.45, 2.75) is 11.8 Å². The van der Waals surface area contributed by atoms with E-state index >= 15 is 0 Å². The van der Waals surface area contributed by atoms with Crippen molar-refractivity contribution >= 4 is 21.6 Å². The van der Waals surface area contributed by atoms with Crippen LogP contribution in [-0.4, -0.2) is 68.5 Å². The molecule has 0 unspecified atom stereocenters. The van der Waals surface area contributed by atoms with Gasteiger partial charge in [-0.05, 0) is 31.2 Å². The third-order valence-corrected chi connectivity index (χ3v) is 6.72. The highest BCUT2D eigenvalue weighted by molar-refractivity contribution is 7.92. The number of morpholine rings is 1. The van der Waals surface area contributed by atoms with Crippen molar-refractivity contribution in [2.75, 3.05) is 43.8 Å². The van der Waals surface area contributed by atoms with Gasteiger partial charge in [0.05, 0.1) is 30.3 Å². The molecule has 0 spiro atoms. The standard InChI is InChI=1S/C18H22N4O5S/c1-13-16-18(20(2)19-13)27-12-9-22(16)28(24,25)15-5-3-14(4-6-15)17(23)21-7-10-26-11-8-21/h3-6H,7-12H2,1-2H3. The summed E-state index contributed by atoms with van der Waals surface area (Å²) in [7, 11) is -2.08. The van der Waals surface area contributed by atoms with Gasteiger partial charge < -0.3 is 14.4 Å². The Morgan fingerprint density at radius 2 is 1.75 bits per heavy atom. The molecule has 3 heterocycles. The third-order valence-electron chi connectivity index (χ3n) is 4.91. The van der Waals surface area contributed by atoms with Gasteiger partial charge in [0.15, 0.2) is 0 Å². The number of nitrogens with zero attached hydrogens (tertiary/aromatic N) is 4. The first-order valence-electron chi connectivity index (χ1n) is 9.06. The molecule has 0 atom stereocenters. The van der Waals surface area contributed by atoms with E-state index in [2.05, 4.69) is 5.10 Å². The normalized spacial score (nSPS) is 17.2. The van der Waals surface area contributed by atoms with Crippen LogP contribution in [0, 0.1) is 6.92 Å². The van der Waals surface area contributed by atoms with Crippen molar-refractivity contribution in [2.24, 2.45) is 7.05 Å². The smallest absolute Gasteiger partial charge is 0.264 e. The van der Waals surface area contributed by atoms with Crippen molar-refractivity contribution in [1.29, 1.82) is 0 Å². The van der Waals surface area contributed by atoms with Gasteiger partial charge in [-0.15, -0.1) is 0 Å². The summed E-state index contributed by atoms with van der Waals surface area (Å²) in [6.45, 7) is 4.31. The second-order valence-corrected chi connectivity index (χ2v) is 8.58. The number of ether oxygens (including phenoxy) is 2. The summed E-state index contributed by atoms with van der Waals surface area (Å²) in [5, 5.41) is 4.26. The molecular formula is C18H22N4O5S. The Morgan fingerprint density at radius 3 is 2.43 bits per heavy atom.